The fourth-order valence-electron chi connectivity index (χ4n) is 4.96. The van der Waals surface area contributed by atoms with E-state index in [2.05, 4.69) is 16.0 Å². The van der Waals surface area contributed by atoms with E-state index in [0.29, 0.717) is 43.1 Å². The molecule has 0 aliphatic carbocycles. The van der Waals surface area contributed by atoms with Crippen LogP contribution < -0.4 is 16.0 Å². The molecular formula is C26H31N5O6. The number of carbonyl (C=O) groups excluding carboxylic acids is 5. The summed E-state index contributed by atoms with van der Waals surface area (Å²) in [7, 11) is 0. The Labute approximate surface area is 214 Å². The van der Waals surface area contributed by atoms with E-state index in [1.165, 1.54) is 26.2 Å². The fourth-order valence-corrected chi connectivity index (χ4v) is 4.96. The third kappa shape index (κ3) is 6.16. The maximum Gasteiger partial charge on any atom is 0.287 e. The van der Waals surface area contributed by atoms with Crippen LogP contribution in [0.25, 0.3) is 0 Å². The molecule has 3 heterocycles. The van der Waals surface area contributed by atoms with Crippen molar-refractivity contribution in [1.82, 2.24) is 15.1 Å². The van der Waals surface area contributed by atoms with E-state index in [4.69, 9.17) is 4.42 Å². The van der Waals surface area contributed by atoms with Crippen molar-refractivity contribution in [2.75, 3.05) is 43.4 Å². The summed E-state index contributed by atoms with van der Waals surface area (Å²) < 4.78 is 5.04. The van der Waals surface area contributed by atoms with Crippen LogP contribution >= 0.6 is 0 Å². The summed E-state index contributed by atoms with van der Waals surface area (Å²) in [6.07, 6.45) is 3.79. The highest BCUT2D eigenvalue weighted by atomic mass is 16.3. The number of furan rings is 1. The number of hydrogen-bond acceptors (Lipinski definition) is 6. The highest BCUT2D eigenvalue weighted by Crippen LogP contribution is 2.41. The third-order valence-electron chi connectivity index (χ3n) is 6.94. The average molecular weight is 510 g/mol. The Bertz CT molecular complexity index is 1200. The first kappa shape index (κ1) is 25.9. The van der Waals surface area contributed by atoms with E-state index < -0.39 is 5.91 Å². The van der Waals surface area contributed by atoms with Crippen LogP contribution in [-0.2, 0) is 14.4 Å². The molecule has 0 radical (unpaired) electrons. The van der Waals surface area contributed by atoms with Crippen LogP contribution in [0.4, 0.5) is 11.4 Å². The number of hydrogen-bond donors (Lipinski definition) is 3. The van der Waals surface area contributed by atoms with Gasteiger partial charge in [-0.1, -0.05) is 0 Å². The molecule has 11 heteroatoms. The van der Waals surface area contributed by atoms with Crippen molar-refractivity contribution in [2.24, 2.45) is 5.41 Å². The normalized spacial score (nSPS) is 16.4. The second kappa shape index (κ2) is 10.9. The third-order valence-corrected chi connectivity index (χ3v) is 6.94. The first-order valence-electron chi connectivity index (χ1n) is 12.2. The van der Waals surface area contributed by atoms with Gasteiger partial charge in [0.05, 0.1) is 24.2 Å². The number of piperidine rings is 1. The zero-order valence-electron chi connectivity index (χ0n) is 21.0. The lowest BCUT2D eigenvalue weighted by Gasteiger charge is -2.39. The molecule has 0 saturated carbocycles. The molecule has 2 aliphatic heterocycles. The minimum absolute atomic E-state index is 0.0551. The second-order valence-corrected chi connectivity index (χ2v) is 9.64. The van der Waals surface area contributed by atoms with E-state index in [0.717, 1.165) is 19.3 Å². The summed E-state index contributed by atoms with van der Waals surface area (Å²) in [6, 6.07) is 7.98. The van der Waals surface area contributed by atoms with Crippen molar-refractivity contribution in [3.63, 3.8) is 0 Å². The number of carbonyl (C=O) groups is 5. The molecule has 2 saturated heterocycles. The van der Waals surface area contributed by atoms with Gasteiger partial charge in [-0.3, -0.25) is 24.0 Å². The van der Waals surface area contributed by atoms with Crippen molar-refractivity contribution in [3.8, 4) is 0 Å². The quantitative estimate of drug-likeness (QED) is 0.545. The largest absolute Gasteiger partial charge is 0.459 e. The standard InChI is InChI=1S/C26H31N5O6/c1-17(32)28-20-6-5-19(14-21(20)29-18(2)33)25(36)31-12-9-26(16-31)7-10-30(11-8-26)23(34)15-27-24(35)22-4-3-13-37-22/h3-6,13-14H,7-12,15-16H2,1-2H3,(H,27,35)(H,28,32)(H,29,33). The van der Waals surface area contributed by atoms with Crippen LogP contribution in [0.3, 0.4) is 0 Å². The van der Waals surface area contributed by atoms with Crippen molar-refractivity contribution < 1.29 is 28.4 Å². The van der Waals surface area contributed by atoms with Gasteiger partial charge in [0, 0.05) is 45.6 Å². The van der Waals surface area contributed by atoms with E-state index in [-0.39, 0.29) is 41.3 Å². The number of likely N-dealkylation sites (tertiary alicyclic amines) is 2. The van der Waals surface area contributed by atoms with Crippen LogP contribution in [0.1, 0.15) is 54.0 Å². The molecule has 0 atom stereocenters. The molecule has 0 bridgehead atoms. The summed E-state index contributed by atoms with van der Waals surface area (Å²) in [4.78, 5) is 64.5. The van der Waals surface area contributed by atoms with Crippen molar-refractivity contribution in [2.45, 2.75) is 33.1 Å². The van der Waals surface area contributed by atoms with E-state index in [1.54, 1.807) is 29.2 Å². The number of nitrogens with zero attached hydrogens (tertiary/aromatic N) is 2. The number of amides is 5. The number of rotatable bonds is 6. The van der Waals surface area contributed by atoms with E-state index >= 15 is 0 Å². The van der Waals surface area contributed by atoms with E-state index in [9.17, 15) is 24.0 Å². The van der Waals surface area contributed by atoms with Gasteiger partial charge in [0.25, 0.3) is 11.8 Å². The first-order valence-corrected chi connectivity index (χ1v) is 12.2. The molecule has 11 nitrogen and oxygen atoms in total. The molecule has 1 aromatic carbocycles. The molecule has 1 aromatic heterocycles. The number of benzene rings is 1. The Morgan fingerprint density at radius 3 is 2.16 bits per heavy atom. The Morgan fingerprint density at radius 2 is 1.54 bits per heavy atom. The van der Waals surface area contributed by atoms with Crippen LogP contribution in [0.15, 0.2) is 41.0 Å². The zero-order valence-corrected chi connectivity index (χ0v) is 21.0. The van der Waals surface area contributed by atoms with Gasteiger partial charge in [0.2, 0.25) is 17.7 Å². The Kier molecular flexibility index (Phi) is 7.61. The van der Waals surface area contributed by atoms with Gasteiger partial charge in [0.1, 0.15) is 0 Å². The summed E-state index contributed by atoms with van der Waals surface area (Å²) in [5, 5.41) is 7.91. The van der Waals surface area contributed by atoms with Gasteiger partial charge in [-0.25, -0.2) is 0 Å². The number of nitrogens with one attached hydrogen (secondary N) is 3. The molecule has 0 unspecified atom stereocenters. The summed E-state index contributed by atoms with van der Waals surface area (Å²) >= 11 is 0. The number of anilines is 2. The predicted molar refractivity (Wildman–Crippen MR) is 135 cm³/mol. The lowest BCUT2D eigenvalue weighted by atomic mass is 9.78. The summed E-state index contributed by atoms with van der Waals surface area (Å²) in [6.45, 7) is 4.96. The lowest BCUT2D eigenvalue weighted by Crippen LogP contribution is -2.47. The van der Waals surface area contributed by atoms with Crippen LogP contribution in [0, 0.1) is 5.41 Å². The minimum Gasteiger partial charge on any atom is -0.459 e. The molecule has 196 valence electrons. The van der Waals surface area contributed by atoms with Crippen molar-refractivity contribution in [3.05, 3.63) is 47.9 Å². The average Bonchev–Trinajstić information content (AvgIpc) is 3.54. The molecule has 3 N–H and O–H groups in total. The van der Waals surface area contributed by atoms with Gasteiger partial charge in [-0.15, -0.1) is 0 Å². The SMILES string of the molecule is CC(=O)Nc1ccc(C(=O)N2CCC3(CCN(C(=O)CNC(=O)c4ccco4)CC3)C2)cc1NC(C)=O. The summed E-state index contributed by atoms with van der Waals surface area (Å²) in [5.74, 6) is -1.14. The molecule has 1 spiro atoms. The Balaban J connectivity index is 1.32. The molecule has 2 fully saturated rings. The lowest BCUT2D eigenvalue weighted by molar-refractivity contribution is -0.132. The monoisotopic (exact) mass is 509 g/mol. The van der Waals surface area contributed by atoms with Gasteiger partial charge >= 0.3 is 0 Å². The van der Waals surface area contributed by atoms with Gasteiger partial charge in [0.15, 0.2) is 5.76 Å². The van der Waals surface area contributed by atoms with E-state index in [1.807, 2.05) is 4.90 Å². The fraction of sp³-hybridized carbons (Fsp3) is 0.423. The minimum atomic E-state index is -0.427. The van der Waals surface area contributed by atoms with Crippen molar-refractivity contribution >= 4 is 40.9 Å². The maximum atomic E-state index is 13.3. The highest BCUT2D eigenvalue weighted by Gasteiger charge is 2.43. The van der Waals surface area contributed by atoms with Gasteiger partial charge in [-0.2, -0.15) is 0 Å². The molecule has 4 rings (SSSR count). The van der Waals surface area contributed by atoms with Crippen LogP contribution in [0.5, 0.6) is 0 Å². The second-order valence-electron chi connectivity index (χ2n) is 9.64. The van der Waals surface area contributed by atoms with Crippen LogP contribution in [0.2, 0.25) is 0 Å². The highest BCUT2D eigenvalue weighted by molar-refractivity contribution is 6.02. The predicted octanol–water partition coefficient (Wildman–Crippen LogP) is 2.08. The molecule has 5 amide bonds. The molecule has 2 aromatic rings. The Morgan fingerprint density at radius 1 is 0.892 bits per heavy atom. The van der Waals surface area contributed by atoms with Gasteiger partial charge < -0.3 is 30.2 Å². The first-order chi connectivity index (χ1) is 17.7. The zero-order chi connectivity index (χ0) is 26.6. The van der Waals surface area contributed by atoms with Crippen LogP contribution in [-0.4, -0.2) is 72.1 Å². The van der Waals surface area contributed by atoms with Crippen molar-refractivity contribution in [1.29, 1.82) is 0 Å². The van der Waals surface area contributed by atoms with Gasteiger partial charge in [-0.05, 0) is 55.0 Å². The maximum absolute atomic E-state index is 13.3. The molecular weight excluding hydrogens is 478 g/mol. The molecule has 37 heavy (non-hydrogen) atoms. The smallest absolute Gasteiger partial charge is 0.287 e. The summed E-state index contributed by atoms with van der Waals surface area (Å²) in [5.41, 5.74) is 1.17. The topological polar surface area (TPSA) is 141 Å². The Hall–Kier alpha value is -4.15. The molecule has 2 aliphatic rings.